The predicted molar refractivity (Wildman–Crippen MR) is 113 cm³/mol. The van der Waals surface area contributed by atoms with Crippen molar-refractivity contribution >= 4 is 5.96 Å². The fourth-order valence-corrected chi connectivity index (χ4v) is 3.21. The van der Waals surface area contributed by atoms with Gasteiger partial charge in [0.2, 0.25) is 0 Å². The largest absolute Gasteiger partial charge is 0.497 e. The maximum atomic E-state index is 5.45. The molecule has 0 spiro atoms. The SMILES string of the molecule is CN=C(NCc1nc(-c2ccc(OC)cc2)n[nH]1)NCC(C)(C)N1CCOCC1. The predicted octanol–water partition coefficient (Wildman–Crippen LogP) is 1.26. The fraction of sp³-hybridized carbons (Fsp3) is 0.550. The quantitative estimate of drug-likeness (QED) is 0.474. The van der Waals surface area contributed by atoms with E-state index < -0.39 is 0 Å². The van der Waals surface area contributed by atoms with Crippen LogP contribution < -0.4 is 15.4 Å². The molecule has 1 saturated heterocycles. The number of rotatable bonds is 7. The molecule has 29 heavy (non-hydrogen) atoms. The maximum absolute atomic E-state index is 5.45. The van der Waals surface area contributed by atoms with Crippen LogP contribution in [0.5, 0.6) is 5.75 Å². The van der Waals surface area contributed by atoms with Crippen LogP contribution in [0.15, 0.2) is 29.3 Å². The van der Waals surface area contributed by atoms with Gasteiger partial charge in [-0.3, -0.25) is 15.0 Å². The van der Waals surface area contributed by atoms with Gasteiger partial charge in [-0.25, -0.2) is 4.98 Å². The van der Waals surface area contributed by atoms with E-state index in [1.54, 1.807) is 14.2 Å². The minimum Gasteiger partial charge on any atom is -0.497 e. The molecule has 1 aromatic carbocycles. The van der Waals surface area contributed by atoms with E-state index in [9.17, 15) is 0 Å². The zero-order valence-corrected chi connectivity index (χ0v) is 17.7. The molecule has 1 fully saturated rings. The van der Waals surface area contributed by atoms with Gasteiger partial charge in [0.05, 0.1) is 26.9 Å². The lowest BCUT2D eigenvalue weighted by Gasteiger charge is -2.41. The van der Waals surface area contributed by atoms with Crippen molar-refractivity contribution in [2.45, 2.75) is 25.9 Å². The summed E-state index contributed by atoms with van der Waals surface area (Å²) in [6, 6.07) is 7.66. The Morgan fingerprint density at radius 3 is 2.62 bits per heavy atom. The average molecular weight is 402 g/mol. The van der Waals surface area contributed by atoms with E-state index in [4.69, 9.17) is 9.47 Å². The van der Waals surface area contributed by atoms with Gasteiger partial charge in [0, 0.05) is 37.8 Å². The first-order valence-electron chi connectivity index (χ1n) is 9.85. The highest BCUT2D eigenvalue weighted by atomic mass is 16.5. The molecule has 1 aromatic heterocycles. The van der Waals surface area contributed by atoms with E-state index in [1.807, 2.05) is 24.3 Å². The Bertz CT molecular complexity index is 795. The normalized spacial score (nSPS) is 15.9. The highest BCUT2D eigenvalue weighted by Gasteiger charge is 2.28. The number of methoxy groups -OCH3 is 1. The third kappa shape index (κ3) is 5.68. The molecule has 2 aromatic rings. The zero-order valence-electron chi connectivity index (χ0n) is 17.7. The first-order valence-corrected chi connectivity index (χ1v) is 9.85. The lowest BCUT2D eigenvalue weighted by molar-refractivity contribution is -0.00834. The summed E-state index contributed by atoms with van der Waals surface area (Å²) in [5, 5.41) is 14.0. The monoisotopic (exact) mass is 401 g/mol. The molecule has 0 radical (unpaired) electrons. The zero-order chi connectivity index (χ0) is 20.7. The summed E-state index contributed by atoms with van der Waals surface area (Å²) in [5.74, 6) is 2.93. The molecular weight excluding hydrogens is 370 g/mol. The molecule has 3 rings (SSSR count). The van der Waals surface area contributed by atoms with Gasteiger partial charge in [0.15, 0.2) is 11.8 Å². The Morgan fingerprint density at radius 2 is 1.97 bits per heavy atom. The lowest BCUT2D eigenvalue weighted by atomic mass is 10.0. The molecule has 1 aliphatic heterocycles. The van der Waals surface area contributed by atoms with Gasteiger partial charge in [-0.05, 0) is 38.1 Å². The molecule has 9 heteroatoms. The molecule has 9 nitrogen and oxygen atoms in total. The highest BCUT2D eigenvalue weighted by Crippen LogP contribution is 2.19. The number of H-pyrrole nitrogens is 1. The van der Waals surface area contributed by atoms with E-state index in [1.165, 1.54) is 0 Å². The topological polar surface area (TPSA) is 99.7 Å². The number of benzene rings is 1. The van der Waals surface area contributed by atoms with Crippen molar-refractivity contribution in [3.63, 3.8) is 0 Å². The van der Waals surface area contributed by atoms with Crippen LogP contribution in [0, 0.1) is 0 Å². The number of nitrogens with one attached hydrogen (secondary N) is 3. The minimum absolute atomic E-state index is 0.00910. The summed E-state index contributed by atoms with van der Waals surface area (Å²) in [6.45, 7) is 9.23. The van der Waals surface area contributed by atoms with Crippen molar-refractivity contribution in [1.29, 1.82) is 0 Å². The van der Waals surface area contributed by atoms with Crippen molar-refractivity contribution in [2.24, 2.45) is 4.99 Å². The van der Waals surface area contributed by atoms with Crippen molar-refractivity contribution in [2.75, 3.05) is 47.0 Å². The van der Waals surface area contributed by atoms with Gasteiger partial charge in [-0.1, -0.05) is 0 Å². The third-order valence-electron chi connectivity index (χ3n) is 5.08. The van der Waals surface area contributed by atoms with Crippen LogP contribution in [0.1, 0.15) is 19.7 Å². The van der Waals surface area contributed by atoms with E-state index in [2.05, 4.69) is 49.6 Å². The third-order valence-corrected chi connectivity index (χ3v) is 5.08. The number of aliphatic imine (C=N–C) groups is 1. The number of morpholine rings is 1. The summed E-state index contributed by atoms with van der Waals surface area (Å²) in [6.07, 6.45) is 0. The molecule has 0 aliphatic carbocycles. The van der Waals surface area contributed by atoms with Crippen molar-refractivity contribution < 1.29 is 9.47 Å². The number of ether oxygens (including phenoxy) is 2. The summed E-state index contributed by atoms with van der Waals surface area (Å²) in [7, 11) is 3.41. The molecule has 3 N–H and O–H groups in total. The number of guanidine groups is 1. The van der Waals surface area contributed by atoms with Gasteiger partial charge in [-0.15, -0.1) is 0 Å². The number of nitrogens with zero attached hydrogens (tertiary/aromatic N) is 4. The average Bonchev–Trinajstić information content (AvgIpc) is 3.23. The number of hydrogen-bond donors (Lipinski definition) is 3. The van der Waals surface area contributed by atoms with Crippen LogP contribution in [0.25, 0.3) is 11.4 Å². The summed E-state index contributed by atoms with van der Waals surface area (Å²) >= 11 is 0. The number of hydrogen-bond acceptors (Lipinski definition) is 6. The first-order chi connectivity index (χ1) is 14.0. The highest BCUT2D eigenvalue weighted by molar-refractivity contribution is 5.79. The van der Waals surface area contributed by atoms with E-state index in [0.717, 1.165) is 55.9 Å². The van der Waals surface area contributed by atoms with Crippen LogP contribution in [-0.2, 0) is 11.3 Å². The first kappa shape index (κ1) is 21.1. The summed E-state index contributed by atoms with van der Waals surface area (Å²) < 4.78 is 10.6. The van der Waals surface area contributed by atoms with Crippen molar-refractivity contribution in [3.05, 3.63) is 30.1 Å². The van der Waals surface area contributed by atoms with Gasteiger partial charge in [0.25, 0.3) is 0 Å². The Balaban J connectivity index is 1.51. The summed E-state index contributed by atoms with van der Waals surface area (Å²) in [4.78, 5) is 11.3. The van der Waals surface area contributed by atoms with E-state index in [-0.39, 0.29) is 5.54 Å². The molecule has 0 bridgehead atoms. The molecular formula is C20H31N7O2. The van der Waals surface area contributed by atoms with Crippen LogP contribution in [0.3, 0.4) is 0 Å². The van der Waals surface area contributed by atoms with Crippen molar-refractivity contribution in [1.82, 2.24) is 30.7 Å². The Labute approximate surface area is 171 Å². The minimum atomic E-state index is 0.00910. The number of aromatic nitrogens is 3. The molecule has 0 amide bonds. The Hall–Kier alpha value is -2.65. The Morgan fingerprint density at radius 1 is 1.24 bits per heavy atom. The second-order valence-electron chi connectivity index (χ2n) is 7.53. The van der Waals surface area contributed by atoms with Gasteiger partial charge in [0.1, 0.15) is 11.6 Å². The van der Waals surface area contributed by atoms with Gasteiger partial charge >= 0.3 is 0 Å². The van der Waals surface area contributed by atoms with Crippen molar-refractivity contribution in [3.8, 4) is 17.1 Å². The number of aromatic amines is 1. The van der Waals surface area contributed by atoms with Crippen LogP contribution in [0.4, 0.5) is 0 Å². The molecule has 0 saturated carbocycles. The fourth-order valence-electron chi connectivity index (χ4n) is 3.21. The summed E-state index contributed by atoms with van der Waals surface area (Å²) in [5.41, 5.74) is 0.942. The maximum Gasteiger partial charge on any atom is 0.191 e. The Kier molecular flexibility index (Phi) is 7.05. The molecule has 158 valence electrons. The smallest absolute Gasteiger partial charge is 0.191 e. The second-order valence-corrected chi connectivity index (χ2v) is 7.53. The van der Waals surface area contributed by atoms with Gasteiger partial charge < -0.3 is 20.1 Å². The lowest BCUT2D eigenvalue weighted by Crippen LogP contribution is -2.56. The molecule has 2 heterocycles. The molecule has 0 unspecified atom stereocenters. The van der Waals surface area contributed by atoms with Gasteiger partial charge in [-0.2, -0.15) is 5.10 Å². The second kappa shape index (κ2) is 9.71. The molecule has 1 aliphatic rings. The van der Waals surface area contributed by atoms with Crippen LogP contribution in [0.2, 0.25) is 0 Å². The van der Waals surface area contributed by atoms with Crippen LogP contribution in [-0.4, -0.2) is 78.6 Å². The standard InChI is InChI=1S/C20H31N7O2/c1-20(2,27-9-11-29-12-10-27)14-23-19(21-3)22-13-17-24-18(26-25-17)15-5-7-16(28-4)8-6-15/h5-8H,9-14H2,1-4H3,(H2,21,22,23)(H,24,25,26). The van der Waals surface area contributed by atoms with Crippen LogP contribution >= 0.6 is 0 Å². The van der Waals surface area contributed by atoms with E-state index in [0.29, 0.717) is 12.4 Å². The molecule has 0 atom stereocenters. The van der Waals surface area contributed by atoms with E-state index >= 15 is 0 Å².